The fourth-order valence-corrected chi connectivity index (χ4v) is 1.87. The molecule has 1 aromatic carbocycles. The number of benzene rings is 1. The van der Waals surface area contributed by atoms with Crippen molar-refractivity contribution in [3.8, 4) is 0 Å². The second-order valence-electron chi connectivity index (χ2n) is 4.76. The first-order valence-corrected chi connectivity index (χ1v) is 6.92. The fourth-order valence-electron chi connectivity index (χ4n) is 1.87. The van der Waals surface area contributed by atoms with Gasteiger partial charge in [-0.25, -0.2) is 18.4 Å². The summed E-state index contributed by atoms with van der Waals surface area (Å²) in [5, 5.41) is 2.39. The van der Waals surface area contributed by atoms with Gasteiger partial charge in [0, 0.05) is 12.1 Å². The highest BCUT2D eigenvalue weighted by Gasteiger charge is 2.20. The third kappa shape index (κ3) is 6.55. The summed E-state index contributed by atoms with van der Waals surface area (Å²) >= 11 is 0. The van der Waals surface area contributed by atoms with E-state index < -0.39 is 35.5 Å². The van der Waals surface area contributed by atoms with E-state index in [9.17, 15) is 23.2 Å². The van der Waals surface area contributed by atoms with Gasteiger partial charge in [0.05, 0.1) is 20.6 Å². The molecule has 0 unspecified atom stereocenters. The van der Waals surface area contributed by atoms with Crippen LogP contribution in [-0.2, 0) is 30.3 Å². The smallest absolute Gasteiger partial charge is 0.330 e. The van der Waals surface area contributed by atoms with Crippen molar-refractivity contribution in [1.29, 1.82) is 0 Å². The van der Waals surface area contributed by atoms with E-state index in [1.54, 1.807) is 0 Å². The van der Waals surface area contributed by atoms with E-state index >= 15 is 0 Å². The molecular weight excluding hydrogens is 324 g/mol. The Balaban J connectivity index is 2.71. The summed E-state index contributed by atoms with van der Waals surface area (Å²) in [6, 6.07) is 1.69. The topological polar surface area (TPSA) is 81.7 Å². The number of hydrogen-bond donors (Lipinski definition) is 1. The summed E-state index contributed by atoms with van der Waals surface area (Å²) in [7, 11) is 2.35. The first kappa shape index (κ1) is 19.3. The van der Waals surface area contributed by atoms with Gasteiger partial charge in [-0.2, -0.15) is 0 Å². The van der Waals surface area contributed by atoms with E-state index in [0.717, 1.165) is 25.3 Å². The van der Waals surface area contributed by atoms with Gasteiger partial charge in [-0.1, -0.05) is 6.08 Å². The molecule has 0 saturated carbocycles. The van der Waals surface area contributed by atoms with Crippen LogP contribution in [0.3, 0.4) is 0 Å². The number of halogens is 2. The minimum absolute atomic E-state index is 0.00890. The maximum Gasteiger partial charge on any atom is 0.330 e. The number of carbonyl (C=O) groups excluding carboxylic acids is 3. The highest BCUT2D eigenvalue weighted by atomic mass is 19.1. The van der Waals surface area contributed by atoms with E-state index in [1.165, 1.54) is 13.2 Å². The highest BCUT2D eigenvalue weighted by molar-refractivity contribution is 5.86. The number of esters is 2. The number of hydrogen-bond acceptors (Lipinski definition) is 5. The van der Waals surface area contributed by atoms with Crippen molar-refractivity contribution in [3.63, 3.8) is 0 Å². The van der Waals surface area contributed by atoms with Gasteiger partial charge in [0.1, 0.15) is 17.7 Å². The van der Waals surface area contributed by atoms with Crippen LogP contribution in [0.5, 0.6) is 0 Å². The molecule has 8 heteroatoms. The van der Waals surface area contributed by atoms with Crippen LogP contribution in [0.4, 0.5) is 8.78 Å². The summed E-state index contributed by atoms with van der Waals surface area (Å²) in [5.74, 6) is -3.56. The van der Waals surface area contributed by atoms with E-state index in [-0.39, 0.29) is 18.4 Å². The molecule has 1 aromatic rings. The molecule has 0 saturated heterocycles. The molecule has 0 spiro atoms. The predicted octanol–water partition coefficient (Wildman–Crippen LogP) is 1.28. The average molecular weight is 341 g/mol. The molecule has 1 amide bonds. The molecule has 0 heterocycles. The molecule has 0 aliphatic heterocycles. The number of amides is 1. The fraction of sp³-hybridized carbons (Fsp3) is 0.312. The summed E-state index contributed by atoms with van der Waals surface area (Å²) in [6.07, 6.45) is 2.12. The Morgan fingerprint density at radius 2 is 1.75 bits per heavy atom. The standard InChI is InChI=1S/C16H17F2NO5/c1-23-15(21)5-3-4-13(16(22)24-2)19-14(20)8-10-6-11(17)9-12(18)7-10/h3,5-7,9,13H,4,8H2,1-2H3,(H,19,20)/b5-3+/t13-/m0/s1. The Morgan fingerprint density at radius 1 is 1.12 bits per heavy atom. The van der Waals surface area contributed by atoms with Crippen LogP contribution in [0, 0.1) is 11.6 Å². The number of ether oxygens (including phenoxy) is 2. The van der Waals surface area contributed by atoms with Gasteiger partial charge in [0.15, 0.2) is 0 Å². The predicted molar refractivity (Wildman–Crippen MR) is 79.8 cm³/mol. The van der Waals surface area contributed by atoms with Gasteiger partial charge >= 0.3 is 11.9 Å². The maximum absolute atomic E-state index is 13.1. The third-order valence-electron chi connectivity index (χ3n) is 2.93. The van der Waals surface area contributed by atoms with Crippen molar-refractivity contribution in [2.24, 2.45) is 0 Å². The molecule has 0 bridgehead atoms. The van der Waals surface area contributed by atoms with E-state index in [4.69, 9.17) is 0 Å². The largest absolute Gasteiger partial charge is 0.467 e. The molecule has 0 aliphatic rings. The Labute approximate surface area is 137 Å². The van der Waals surface area contributed by atoms with Crippen LogP contribution < -0.4 is 5.32 Å². The van der Waals surface area contributed by atoms with Crippen molar-refractivity contribution >= 4 is 17.8 Å². The Hall–Kier alpha value is -2.77. The zero-order chi connectivity index (χ0) is 18.1. The molecule has 130 valence electrons. The van der Waals surface area contributed by atoms with Crippen LogP contribution >= 0.6 is 0 Å². The number of carbonyl (C=O) groups is 3. The average Bonchev–Trinajstić information content (AvgIpc) is 2.51. The van der Waals surface area contributed by atoms with Crippen LogP contribution in [0.15, 0.2) is 30.4 Å². The molecule has 0 radical (unpaired) electrons. The molecule has 24 heavy (non-hydrogen) atoms. The van der Waals surface area contributed by atoms with Gasteiger partial charge in [0.2, 0.25) is 5.91 Å². The third-order valence-corrected chi connectivity index (χ3v) is 2.93. The first-order chi connectivity index (χ1) is 11.3. The highest BCUT2D eigenvalue weighted by Crippen LogP contribution is 2.09. The van der Waals surface area contributed by atoms with Crippen LogP contribution in [-0.4, -0.2) is 38.1 Å². The zero-order valence-corrected chi connectivity index (χ0v) is 13.2. The maximum atomic E-state index is 13.1. The lowest BCUT2D eigenvalue weighted by atomic mass is 10.1. The molecule has 6 nitrogen and oxygen atoms in total. The van der Waals surface area contributed by atoms with Gasteiger partial charge in [-0.15, -0.1) is 0 Å². The lowest BCUT2D eigenvalue weighted by molar-refractivity contribution is -0.145. The zero-order valence-electron chi connectivity index (χ0n) is 13.2. The first-order valence-electron chi connectivity index (χ1n) is 6.92. The molecule has 0 aliphatic carbocycles. The van der Waals surface area contributed by atoms with Crippen molar-refractivity contribution < 1.29 is 32.6 Å². The minimum atomic E-state index is -1.04. The van der Waals surface area contributed by atoms with Crippen LogP contribution in [0.1, 0.15) is 12.0 Å². The van der Waals surface area contributed by atoms with E-state index in [1.807, 2.05) is 0 Å². The second-order valence-corrected chi connectivity index (χ2v) is 4.76. The lowest BCUT2D eigenvalue weighted by Gasteiger charge is -2.15. The normalized spacial score (nSPS) is 11.8. The summed E-state index contributed by atoms with van der Waals surface area (Å²) in [6.45, 7) is 0. The second kappa shape index (κ2) is 9.39. The van der Waals surface area contributed by atoms with E-state index in [2.05, 4.69) is 14.8 Å². The number of rotatable bonds is 7. The number of nitrogens with one attached hydrogen (secondary N) is 1. The summed E-state index contributed by atoms with van der Waals surface area (Å²) in [4.78, 5) is 34.6. The SMILES string of the molecule is COC(=O)/C=C/C[C@H](NC(=O)Cc1cc(F)cc(F)c1)C(=O)OC. The number of methoxy groups -OCH3 is 2. The van der Waals surface area contributed by atoms with Crippen molar-refractivity contribution in [2.75, 3.05) is 14.2 Å². The molecule has 1 rings (SSSR count). The Kier molecular flexibility index (Phi) is 7.54. The molecule has 1 atom stereocenters. The summed E-state index contributed by atoms with van der Waals surface area (Å²) < 4.78 is 35.2. The van der Waals surface area contributed by atoms with Crippen molar-refractivity contribution in [3.05, 3.63) is 47.5 Å². The Bertz CT molecular complexity index is 625. The van der Waals surface area contributed by atoms with Crippen molar-refractivity contribution in [1.82, 2.24) is 5.32 Å². The van der Waals surface area contributed by atoms with Gasteiger partial charge < -0.3 is 14.8 Å². The van der Waals surface area contributed by atoms with Gasteiger partial charge in [-0.05, 0) is 24.1 Å². The van der Waals surface area contributed by atoms with E-state index in [0.29, 0.717) is 6.07 Å². The minimum Gasteiger partial charge on any atom is -0.467 e. The lowest BCUT2D eigenvalue weighted by Crippen LogP contribution is -2.41. The van der Waals surface area contributed by atoms with Gasteiger partial charge in [0.25, 0.3) is 0 Å². The molecule has 0 fully saturated rings. The monoisotopic (exact) mass is 341 g/mol. The molecule has 0 aromatic heterocycles. The molecular formula is C16H17F2NO5. The summed E-state index contributed by atoms with van der Waals surface area (Å²) in [5.41, 5.74) is 0.124. The van der Waals surface area contributed by atoms with Crippen molar-refractivity contribution in [2.45, 2.75) is 18.9 Å². The molecule has 1 N–H and O–H groups in total. The van der Waals surface area contributed by atoms with Crippen LogP contribution in [0.25, 0.3) is 0 Å². The Morgan fingerprint density at radius 3 is 2.29 bits per heavy atom. The van der Waals surface area contributed by atoms with Crippen LogP contribution in [0.2, 0.25) is 0 Å². The van der Waals surface area contributed by atoms with Gasteiger partial charge in [-0.3, -0.25) is 4.79 Å². The quantitative estimate of drug-likeness (QED) is 0.597.